The lowest BCUT2D eigenvalue weighted by Crippen LogP contribution is -2.57. The van der Waals surface area contributed by atoms with Crippen LogP contribution in [0.2, 0.25) is 0 Å². The second-order valence-corrected chi connectivity index (χ2v) is 23.8. The molecule has 9 aliphatic carbocycles. The molecule has 0 aromatic carbocycles. The predicted molar refractivity (Wildman–Crippen MR) is 261 cm³/mol. The van der Waals surface area contributed by atoms with Gasteiger partial charge in [-0.2, -0.15) is 0 Å². The highest BCUT2D eigenvalue weighted by Crippen LogP contribution is 2.44. The van der Waals surface area contributed by atoms with Gasteiger partial charge in [-0.05, 0) is 191 Å². The lowest BCUT2D eigenvalue weighted by molar-refractivity contribution is -0.0341. The summed E-state index contributed by atoms with van der Waals surface area (Å²) in [5, 5.41) is 0. The van der Waals surface area contributed by atoms with Crippen molar-refractivity contribution in [1.82, 2.24) is 14.7 Å². The lowest BCUT2D eigenvalue weighted by atomic mass is 9.77. The largest absolute Gasteiger partial charge is 0.294 e. The van der Waals surface area contributed by atoms with Crippen LogP contribution in [-0.2, 0) is 0 Å². The first-order valence-electron chi connectivity index (χ1n) is 28.9. The van der Waals surface area contributed by atoms with E-state index >= 15 is 0 Å². The minimum atomic E-state index is 0.862. The highest BCUT2D eigenvalue weighted by Gasteiger charge is 2.43. The summed E-state index contributed by atoms with van der Waals surface area (Å²) >= 11 is 0. The summed E-state index contributed by atoms with van der Waals surface area (Å²) in [4.78, 5) is 9.86. The topological polar surface area (TPSA) is 9.72 Å². The van der Waals surface area contributed by atoms with Crippen molar-refractivity contribution in [2.24, 2.45) is 23.7 Å². The summed E-state index contributed by atoms with van der Waals surface area (Å²) in [6.07, 6.45) is 71.6. The number of rotatable bonds is 13. The Bertz CT molecular complexity index is 1170. The lowest BCUT2D eigenvalue weighted by Gasteiger charge is -2.53. The van der Waals surface area contributed by atoms with Crippen LogP contribution in [0, 0.1) is 23.7 Å². The van der Waals surface area contributed by atoms with Gasteiger partial charge in [-0.25, -0.2) is 0 Å². The molecular formula is C58H99N3. The van der Waals surface area contributed by atoms with Crippen molar-refractivity contribution in [3.8, 4) is 0 Å². The average molecular weight is 838 g/mol. The molecule has 0 unspecified atom stereocenters. The Kier molecular flexibility index (Phi) is 17.7. The first-order valence-corrected chi connectivity index (χ1v) is 28.9. The Morgan fingerprint density at radius 3 is 0.557 bits per heavy atom. The molecule has 346 valence electrons. The van der Waals surface area contributed by atoms with Gasteiger partial charge in [0, 0.05) is 54.4 Å². The third-order valence-corrected chi connectivity index (χ3v) is 19.9. The number of hydrogen-bond donors (Lipinski definition) is 0. The third-order valence-electron chi connectivity index (χ3n) is 19.9. The van der Waals surface area contributed by atoms with Gasteiger partial charge in [0.15, 0.2) is 0 Å². The standard InChI is InChI=1S/C58H99N3/c1-6-16-46(17-7-1)26-28-48-30-34-53(35-31-48)59(50-20-10-3-11-21-50)55-38-42-57(43-39-55)61(52-24-14-5-15-25-52)58-44-40-56(41-45-58)60(51-22-12-4-13-23-51)54-36-32-49(33-37-54)29-27-47-18-8-2-9-19-47/h26-29,46-58H,1-25,30-45H2. The smallest absolute Gasteiger partial charge is 0.0102 e. The zero-order valence-electron chi connectivity index (χ0n) is 40.1. The fourth-order valence-electron chi connectivity index (χ4n) is 16.6. The van der Waals surface area contributed by atoms with Gasteiger partial charge in [-0.3, -0.25) is 14.7 Å². The molecule has 0 saturated heterocycles. The Morgan fingerprint density at radius 1 is 0.164 bits per heavy atom. The van der Waals surface area contributed by atoms with Gasteiger partial charge in [-0.15, -0.1) is 0 Å². The van der Waals surface area contributed by atoms with Gasteiger partial charge in [0.2, 0.25) is 0 Å². The van der Waals surface area contributed by atoms with E-state index in [1.54, 1.807) is 0 Å². The summed E-state index contributed by atoms with van der Waals surface area (Å²) in [7, 11) is 0. The second kappa shape index (κ2) is 23.7. The molecule has 0 atom stereocenters. The van der Waals surface area contributed by atoms with Crippen molar-refractivity contribution in [1.29, 1.82) is 0 Å². The van der Waals surface area contributed by atoms with Crippen LogP contribution in [0.15, 0.2) is 24.3 Å². The number of nitrogens with zero attached hydrogens (tertiary/aromatic N) is 3. The number of allylic oxidation sites excluding steroid dienone is 4. The van der Waals surface area contributed by atoms with E-state index in [1.165, 1.54) is 263 Å². The second-order valence-electron chi connectivity index (χ2n) is 23.8. The maximum absolute atomic E-state index is 3.31. The first-order chi connectivity index (χ1) is 30.2. The molecule has 0 N–H and O–H groups in total. The van der Waals surface area contributed by atoms with Crippen molar-refractivity contribution in [2.75, 3.05) is 0 Å². The van der Waals surface area contributed by atoms with E-state index in [-0.39, 0.29) is 0 Å². The summed E-state index contributed by atoms with van der Waals surface area (Å²) in [5.74, 6) is 3.52. The van der Waals surface area contributed by atoms with E-state index in [1.807, 2.05) is 0 Å². The molecule has 0 aromatic rings. The van der Waals surface area contributed by atoms with Crippen molar-refractivity contribution < 1.29 is 0 Å². The van der Waals surface area contributed by atoms with Crippen LogP contribution >= 0.6 is 0 Å². The molecule has 0 heterocycles. The SMILES string of the molecule is C(=CC1CCC(N(C2CCCCC2)C2CCC(N(C3CCCCC3)C3CCC(N(C4CCCCC4)C4CCC(C=CC5CCCCC5)CC4)CC3)CC2)CC1)C1CCCCC1. The summed E-state index contributed by atoms with van der Waals surface area (Å²) in [6, 6.07) is 7.85. The van der Waals surface area contributed by atoms with E-state index in [9.17, 15) is 0 Å². The normalized spacial score (nSPS) is 37.1. The van der Waals surface area contributed by atoms with E-state index < -0.39 is 0 Å². The molecule has 3 nitrogen and oxygen atoms in total. The molecule has 3 heteroatoms. The van der Waals surface area contributed by atoms with Crippen LogP contribution in [0.4, 0.5) is 0 Å². The quantitative estimate of drug-likeness (QED) is 0.171. The molecular weight excluding hydrogens is 739 g/mol. The van der Waals surface area contributed by atoms with Crippen LogP contribution in [0.3, 0.4) is 0 Å². The van der Waals surface area contributed by atoms with Gasteiger partial charge >= 0.3 is 0 Å². The van der Waals surface area contributed by atoms with Crippen LogP contribution < -0.4 is 0 Å². The minimum Gasteiger partial charge on any atom is -0.294 e. The highest BCUT2D eigenvalue weighted by atomic mass is 15.3. The fraction of sp³-hybridized carbons (Fsp3) is 0.931. The molecule has 0 bridgehead atoms. The van der Waals surface area contributed by atoms with Gasteiger partial charge < -0.3 is 0 Å². The zero-order chi connectivity index (χ0) is 41.1. The monoisotopic (exact) mass is 838 g/mol. The summed E-state index contributed by atoms with van der Waals surface area (Å²) < 4.78 is 0. The third kappa shape index (κ3) is 12.4. The van der Waals surface area contributed by atoms with Crippen LogP contribution in [0.1, 0.15) is 263 Å². The molecule has 0 spiro atoms. The van der Waals surface area contributed by atoms with Crippen LogP contribution in [-0.4, -0.2) is 69.1 Å². The molecule has 0 aliphatic heterocycles. The van der Waals surface area contributed by atoms with Crippen molar-refractivity contribution in [3.05, 3.63) is 24.3 Å². The van der Waals surface area contributed by atoms with Crippen molar-refractivity contribution >= 4 is 0 Å². The molecule has 9 fully saturated rings. The molecule has 0 aromatic heterocycles. The molecule has 0 radical (unpaired) electrons. The molecule has 61 heavy (non-hydrogen) atoms. The highest BCUT2D eigenvalue weighted by molar-refractivity contribution is 5.02. The maximum atomic E-state index is 3.31. The van der Waals surface area contributed by atoms with Gasteiger partial charge in [-0.1, -0.05) is 121 Å². The fourth-order valence-corrected chi connectivity index (χ4v) is 16.6. The first kappa shape index (κ1) is 45.5. The summed E-state index contributed by atoms with van der Waals surface area (Å²) in [6.45, 7) is 0. The molecule has 9 rings (SSSR count). The Hall–Kier alpha value is -0.640. The molecule has 0 amide bonds. The predicted octanol–water partition coefficient (Wildman–Crippen LogP) is 15.9. The molecule has 9 aliphatic rings. The maximum Gasteiger partial charge on any atom is 0.0102 e. The Balaban J connectivity index is 0.814. The molecule has 9 saturated carbocycles. The summed E-state index contributed by atoms with van der Waals surface area (Å²) in [5.41, 5.74) is 0. The van der Waals surface area contributed by atoms with Crippen LogP contribution in [0.5, 0.6) is 0 Å². The van der Waals surface area contributed by atoms with Crippen molar-refractivity contribution in [2.45, 2.75) is 318 Å². The Morgan fingerprint density at radius 2 is 0.328 bits per heavy atom. The minimum absolute atomic E-state index is 0.862. The van der Waals surface area contributed by atoms with E-state index in [0.717, 1.165) is 78.0 Å². The number of hydrogen-bond acceptors (Lipinski definition) is 3. The van der Waals surface area contributed by atoms with E-state index in [2.05, 4.69) is 39.0 Å². The van der Waals surface area contributed by atoms with Gasteiger partial charge in [0.25, 0.3) is 0 Å². The zero-order valence-corrected chi connectivity index (χ0v) is 40.1. The van der Waals surface area contributed by atoms with Crippen LogP contribution in [0.25, 0.3) is 0 Å². The van der Waals surface area contributed by atoms with Crippen molar-refractivity contribution in [3.63, 3.8) is 0 Å². The Labute approximate surface area is 378 Å². The van der Waals surface area contributed by atoms with Gasteiger partial charge in [0.1, 0.15) is 0 Å². The van der Waals surface area contributed by atoms with E-state index in [0.29, 0.717) is 0 Å². The average Bonchev–Trinajstić information content (AvgIpc) is 3.34. The van der Waals surface area contributed by atoms with Gasteiger partial charge in [0.05, 0.1) is 0 Å². The van der Waals surface area contributed by atoms with E-state index in [4.69, 9.17) is 0 Å².